The number of halogens is 1. The van der Waals surface area contributed by atoms with Gasteiger partial charge in [-0.3, -0.25) is 0 Å². The molecule has 0 bridgehead atoms. The summed E-state index contributed by atoms with van der Waals surface area (Å²) in [7, 11) is 0. The number of rotatable bonds is 4. The highest BCUT2D eigenvalue weighted by molar-refractivity contribution is 9.10. The molecule has 2 N–H and O–H groups in total. The summed E-state index contributed by atoms with van der Waals surface area (Å²) in [5, 5.41) is 6.29. The van der Waals surface area contributed by atoms with Crippen LogP contribution < -0.4 is 20.1 Å². The van der Waals surface area contributed by atoms with E-state index in [-0.39, 0.29) is 25.0 Å². The van der Waals surface area contributed by atoms with E-state index in [1.807, 2.05) is 32.9 Å². The Morgan fingerprint density at radius 3 is 2.87 bits per heavy atom. The van der Waals surface area contributed by atoms with E-state index in [4.69, 9.17) is 14.2 Å². The van der Waals surface area contributed by atoms with Gasteiger partial charge in [0.25, 0.3) is 0 Å². The van der Waals surface area contributed by atoms with E-state index in [1.165, 1.54) is 0 Å². The first-order valence-corrected chi connectivity index (χ1v) is 8.42. The summed E-state index contributed by atoms with van der Waals surface area (Å²) in [5.74, 6) is 1.51. The van der Waals surface area contributed by atoms with Crippen molar-refractivity contribution in [3.8, 4) is 11.5 Å². The molecule has 0 saturated heterocycles. The fourth-order valence-corrected chi connectivity index (χ4v) is 3.01. The molecule has 1 heterocycles. The van der Waals surface area contributed by atoms with Crippen LogP contribution in [0.25, 0.3) is 0 Å². The Hall–Kier alpha value is -1.47. The van der Waals surface area contributed by atoms with Crippen LogP contribution in [0.15, 0.2) is 16.6 Å². The maximum absolute atomic E-state index is 11.7. The Labute approximate surface area is 144 Å². The van der Waals surface area contributed by atoms with E-state index < -0.39 is 5.60 Å². The predicted octanol–water partition coefficient (Wildman–Crippen LogP) is 2.93. The highest BCUT2D eigenvalue weighted by atomic mass is 79.9. The minimum atomic E-state index is -0.472. The van der Waals surface area contributed by atoms with E-state index in [0.717, 1.165) is 28.0 Å². The highest BCUT2D eigenvalue weighted by Gasteiger charge is 2.38. The lowest BCUT2D eigenvalue weighted by Crippen LogP contribution is -2.36. The van der Waals surface area contributed by atoms with Crippen molar-refractivity contribution in [1.29, 1.82) is 0 Å². The quantitative estimate of drug-likeness (QED) is 0.834. The minimum Gasteiger partial charge on any atom is -0.454 e. The van der Waals surface area contributed by atoms with Crippen LogP contribution in [0.4, 0.5) is 4.79 Å². The van der Waals surface area contributed by atoms with Crippen molar-refractivity contribution >= 4 is 22.0 Å². The number of ether oxygens (including phenoxy) is 3. The molecule has 1 aromatic rings. The second-order valence-corrected chi connectivity index (χ2v) is 7.64. The minimum absolute atomic E-state index is 0.127. The van der Waals surface area contributed by atoms with Gasteiger partial charge in [0.2, 0.25) is 6.79 Å². The van der Waals surface area contributed by atoms with Gasteiger partial charge in [-0.2, -0.15) is 0 Å². The Bertz CT molecular complexity index is 615. The van der Waals surface area contributed by atoms with Gasteiger partial charge in [0.05, 0.1) is 4.47 Å². The van der Waals surface area contributed by atoms with E-state index >= 15 is 0 Å². The summed E-state index contributed by atoms with van der Waals surface area (Å²) in [6, 6.07) is 4.38. The number of amides is 1. The molecule has 126 valence electrons. The third-order valence-electron chi connectivity index (χ3n) is 3.55. The van der Waals surface area contributed by atoms with E-state index in [2.05, 4.69) is 26.6 Å². The predicted molar refractivity (Wildman–Crippen MR) is 88.7 cm³/mol. The average Bonchev–Trinajstić information content (AvgIpc) is 2.95. The second-order valence-electron chi connectivity index (χ2n) is 6.79. The average molecular weight is 385 g/mol. The maximum Gasteiger partial charge on any atom is 0.407 e. The van der Waals surface area contributed by atoms with E-state index in [9.17, 15) is 4.79 Å². The van der Waals surface area contributed by atoms with Crippen LogP contribution >= 0.6 is 15.9 Å². The molecule has 1 aliphatic carbocycles. The Balaban J connectivity index is 1.46. The fraction of sp³-hybridized carbons (Fsp3) is 0.562. The Morgan fingerprint density at radius 1 is 1.35 bits per heavy atom. The first-order chi connectivity index (χ1) is 10.8. The molecule has 1 fully saturated rings. The van der Waals surface area contributed by atoms with Crippen molar-refractivity contribution in [2.24, 2.45) is 0 Å². The standard InChI is InChI=1S/C16H21BrN2O4/c1-16(2,3)23-15(20)19-12-6-11(12)18-7-9-4-10(17)14-13(5-9)21-8-22-14/h4-5,11-12,18H,6-8H2,1-3H3,(H,19,20). The SMILES string of the molecule is CC(C)(C)OC(=O)NC1CC1NCc1cc(Br)c2c(c1)OCO2. The zero-order valence-electron chi connectivity index (χ0n) is 13.4. The van der Waals surface area contributed by atoms with Gasteiger partial charge >= 0.3 is 6.09 Å². The van der Waals surface area contributed by atoms with Crippen LogP contribution in [-0.2, 0) is 11.3 Å². The van der Waals surface area contributed by atoms with E-state index in [1.54, 1.807) is 0 Å². The van der Waals surface area contributed by atoms with Gasteiger partial charge in [0.15, 0.2) is 11.5 Å². The number of nitrogens with one attached hydrogen (secondary N) is 2. The summed E-state index contributed by atoms with van der Waals surface area (Å²) in [6.07, 6.45) is 0.544. The van der Waals surface area contributed by atoms with Crippen LogP contribution in [0.3, 0.4) is 0 Å². The summed E-state index contributed by atoms with van der Waals surface area (Å²) in [6.45, 7) is 6.52. The molecule has 1 saturated carbocycles. The second kappa shape index (κ2) is 6.20. The number of carbonyl (C=O) groups excluding carboxylic acids is 1. The zero-order chi connectivity index (χ0) is 16.6. The van der Waals surface area contributed by atoms with Crippen LogP contribution in [-0.4, -0.2) is 30.6 Å². The number of fused-ring (bicyclic) bond motifs is 1. The Kier molecular flexibility index (Phi) is 4.42. The number of alkyl carbamates (subject to hydrolysis) is 1. The van der Waals surface area contributed by atoms with Crippen molar-refractivity contribution in [2.75, 3.05) is 6.79 Å². The fourth-order valence-electron chi connectivity index (χ4n) is 2.41. The number of hydrogen-bond acceptors (Lipinski definition) is 5. The molecule has 0 aromatic heterocycles. The van der Waals surface area contributed by atoms with Gasteiger partial charge in [-0.15, -0.1) is 0 Å². The van der Waals surface area contributed by atoms with Crippen LogP contribution in [0, 0.1) is 0 Å². The first kappa shape index (κ1) is 16.4. The van der Waals surface area contributed by atoms with Crippen molar-refractivity contribution in [2.45, 2.75) is 51.4 Å². The first-order valence-electron chi connectivity index (χ1n) is 7.63. The summed E-state index contributed by atoms with van der Waals surface area (Å²) < 4.78 is 16.9. The molecule has 2 unspecified atom stereocenters. The van der Waals surface area contributed by atoms with Crippen LogP contribution in [0.5, 0.6) is 11.5 Å². The lowest BCUT2D eigenvalue weighted by atomic mass is 10.2. The molecule has 23 heavy (non-hydrogen) atoms. The molecular weight excluding hydrogens is 364 g/mol. The van der Waals surface area contributed by atoms with E-state index in [0.29, 0.717) is 6.54 Å². The molecule has 1 aromatic carbocycles. The van der Waals surface area contributed by atoms with Crippen molar-refractivity contribution in [1.82, 2.24) is 10.6 Å². The van der Waals surface area contributed by atoms with Crippen LogP contribution in [0.2, 0.25) is 0 Å². The Morgan fingerprint density at radius 2 is 2.13 bits per heavy atom. The molecule has 7 heteroatoms. The topological polar surface area (TPSA) is 68.8 Å². The lowest BCUT2D eigenvalue weighted by molar-refractivity contribution is 0.0522. The molecular formula is C16H21BrN2O4. The monoisotopic (exact) mass is 384 g/mol. The molecule has 2 aliphatic rings. The third-order valence-corrected chi connectivity index (χ3v) is 4.14. The highest BCUT2D eigenvalue weighted by Crippen LogP contribution is 2.40. The van der Waals surface area contributed by atoms with Crippen LogP contribution in [0.1, 0.15) is 32.8 Å². The number of hydrogen-bond donors (Lipinski definition) is 2. The molecule has 0 radical (unpaired) electrons. The van der Waals surface area contributed by atoms with Gasteiger partial charge in [-0.25, -0.2) is 4.79 Å². The molecule has 6 nitrogen and oxygen atoms in total. The maximum atomic E-state index is 11.7. The largest absolute Gasteiger partial charge is 0.454 e. The van der Waals surface area contributed by atoms with Crippen molar-refractivity contribution in [3.63, 3.8) is 0 Å². The van der Waals surface area contributed by atoms with Gasteiger partial charge < -0.3 is 24.8 Å². The molecule has 0 spiro atoms. The molecule has 3 rings (SSSR count). The smallest absolute Gasteiger partial charge is 0.407 e. The van der Waals surface area contributed by atoms with Gasteiger partial charge in [0.1, 0.15) is 5.60 Å². The summed E-state index contributed by atoms with van der Waals surface area (Å²) >= 11 is 3.49. The molecule has 1 aliphatic heterocycles. The third kappa shape index (κ3) is 4.29. The normalized spacial score (nSPS) is 21.9. The molecule has 2 atom stereocenters. The number of carbonyl (C=O) groups is 1. The van der Waals surface area contributed by atoms with Gasteiger partial charge in [0, 0.05) is 18.6 Å². The summed E-state index contributed by atoms with van der Waals surface area (Å²) in [4.78, 5) is 11.7. The summed E-state index contributed by atoms with van der Waals surface area (Å²) in [5.41, 5.74) is 0.629. The number of benzene rings is 1. The zero-order valence-corrected chi connectivity index (χ0v) is 15.0. The van der Waals surface area contributed by atoms with Gasteiger partial charge in [-0.1, -0.05) is 0 Å². The van der Waals surface area contributed by atoms with Crippen molar-refractivity contribution < 1.29 is 19.0 Å². The van der Waals surface area contributed by atoms with Gasteiger partial charge in [-0.05, 0) is 60.8 Å². The molecule has 1 amide bonds. The van der Waals surface area contributed by atoms with Crippen molar-refractivity contribution in [3.05, 3.63) is 22.2 Å². The lowest BCUT2D eigenvalue weighted by Gasteiger charge is -2.19.